The maximum atomic E-state index is 14.0. The Morgan fingerprint density at radius 3 is 2.53 bits per heavy atom. The molecule has 2 aliphatic rings. The van der Waals surface area contributed by atoms with E-state index in [0.717, 1.165) is 25.3 Å². The lowest BCUT2D eigenvalue weighted by molar-refractivity contribution is -0.384. The second-order valence-electron chi connectivity index (χ2n) is 10.1. The van der Waals surface area contributed by atoms with E-state index in [9.17, 15) is 27.3 Å². The molecule has 0 amide bonds. The van der Waals surface area contributed by atoms with Gasteiger partial charge in [-0.1, -0.05) is 12.5 Å². The molecule has 0 bridgehead atoms. The minimum Gasteiger partial charge on any atom is -0.365 e. The molecule has 8 nitrogen and oxygen atoms in total. The van der Waals surface area contributed by atoms with Crippen LogP contribution in [0.15, 0.2) is 35.2 Å². The van der Waals surface area contributed by atoms with Crippen LogP contribution in [0.1, 0.15) is 36.8 Å². The Labute approximate surface area is 210 Å². The molecule has 2 fully saturated rings. The summed E-state index contributed by atoms with van der Waals surface area (Å²) in [5.41, 5.74) is 0.605. The van der Waals surface area contributed by atoms with E-state index in [4.69, 9.17) is 0 Å². The zero-order valence-corrected chi connectivity index (χ0v) is 21.5. The van der Waals surface area contributed by atoms with Crippen molar-refractivity contribution in [1.82, 2.24) is 9.62 Å². The molecule has 2 unspecified atom stereocenters. The first-order chi connectivity index (χ1) is 17.0. The molecule has 1 saturated heterocycles. The highest BCUT2D eigenvalue weighted by Gasteiger charge is 2.36. The van der Waals surface area contributed by atoms with Gasteiger partial charge in [0.2, 0.25) is 10.0 Å². The normalized spacial score (nSPS) is 21.0. The summed E-state index contributed by atoms with van der Waals surface area (Å²) in [6, 6.07) is 6.45. The molecule has 1 saturated carbocycles. The molecule has 1 N–H and O–H groups in total. The van der Waals surface area contributed by atoms with Crippen LogP contribution in [0.2, 0.25) is 0 Å². The van der Waals surface area contributed by atoms with Gasteiger partial charge in [0.25, 0.3) is 5.69 Å². The number of sulfonamides is 1. The van der Waals surface area contributed by atoms with Crippen LogP contribution >= 0.6 is 0 Å². The fraction of sp³-hybridized carbons (Fsp3) is 0.520. The summed E-state index contributed by atoms with van der Waals surface area (Å²) in [4.78, 5) is 15.3. The molecule has 0 radical (unpaired) electrons. The lowest BCUT2D eigenvalue weighted by Crippen LogP contribution is -2.48. The lowest BCUT2D eigenvalue weighted by Gasteiger charge is -2.41. The van der Waals surface area contributed by atoms with Crippen LogP contribution in [-0.2, 0) is 16.4 Å². The van der Waals surface area contributed by atoms with Crippen molar-refractivity contribution >= 4 is 21.4 Å². The molecule has 1 aliphatic heterocycles. The Kier molecular flexibility index (Phi) is 7.63. The summed E-state index contributed by atoms with van der Waals surface area (Å²) < 4.78 is 56.4. The van der Waals surface area contributed by atoms with Gasteiger partial charge in [0.15, 0.2) is 0 Å². The molecule has 1 aliphatic carbocycles. The third-order valence-electron chi connectivity index (χ3n) is 7.35. The summed E-state index contributed by atoms with van der Waals surface area (Å²) >= 11 is 0. The van der Waals surface area contributed by atoms with Crippen molar-refractivity contribution in [3.63, 3.8) is 0 Å². The second kappa shape index (κ2) is 10.4. The fourth-order valence-electron chi connectivity index (χ4n) is 5.36. The van der Waals surface area contributed by atoms with E-state index in [-0.39, 0.29) is 34.1 Å². The maximum absolute atomic E-state index is 14.0. The van der Waals surface area contributed by atoms with Crippen molar-refractivity contribution < 1.29 is 22.1 Å². The number of nitro benzene ring substituents is 1. The average Bonchev–Trinajstić information content (AvgIpc) is 2.76. The highest BCUT2D eigenvalue weighted by Crippen LogP contribution is 2.39. The molecule has 0 spiro atoms. The van der Waals surface area contributed by atoms with E-state index in [1.165, 1.54) is 31.2 Å². The fourth-order valence-corrected chi connectivity index (χ4v) is 6.89. The molecule has 36 heavy (non-hydrogen) atoms. The molecule has 2 aromatic rings. The van der Waals surface area contributed by atoms with Crippen molar-refractivity contribution in [3.8, 4) is 0 Å². The van der Waals surface area contributed by atoms with Gasteiger partial charge in [-0.2, -0.15) is 0 Å². The molecular weight excluding hydrogens is 490 g/mol. The van der Waals surface area contributed by atoms with Gasteiger partial charge in [-0.15, -0.1) is 0 Å². The first kappa shape index (κ1) is 26.4. The number of nitrogens with zero attached hydrogens (tertiary/aromatic N) is 3. The number of halogens is 2. The van der Waals surface area contributed by atoms with E-state index in [0.29, 0.717) is 37.2 Å². The van der Waals surface area contributed by atoms with E-state index in [2.05, 4.69) is 9.62 Å². The van der Waals surface area contributed by atoms with E-state index < -0.39 is 26.6 Å². The predicted octanol–water partition coefficient (Wildman–Crippen LogP) is 4.01. The maximum Gasteiger partial charge on any atom is 0.296 e. The summed E-state index contributed by atoms with van der Waals surface area (Å²) in [5, 5.41) is 12.0. The summed E-state index contributed by atoms with van der Waals surface area (Å²) in [6.07, 6.45) is 3.73. The van der Waals surface area contributed by atoms with Gasteiger partial charge < -0.3 is 9.80 Å². The Morgan fingerprint density at radius 1 is 1.17 bits per heavy atom. The Hall–Kier alpha value is -2.63. The van der Waals surface area contributed by atoms with Crippen molar-refractivity contribution in [2.45, 2.75) is 56.0 Å². The van der Waals surface area contributed by atoms with Gasteiger partial charge in [-0.25, -0.2) is 21.9 Å². The van der Waals surface area contributed by atoms with Gasteiger partial charge in [-0.05, 0) is 76.4 Å². The highest BCUT2D eigenvalue weighted by molar-refractivity contribution is 7.89. The zero-order chi connectivity index (χ0) is 26.2. The van der Waals surface area contributed by atoms with E-state index >= 15 is 0 Å². The van der Waals surface area contributed by atoms with Crippen molar-refractivity contribution in [3.05, 3.63) is 63.2 Å². The van der Waals surface area contributed by atoms with Crippen LogP contribution in [0.25, 0.3) is 0 Å². The molecule has 11 heteroatoms. The SMILES string of the molecule is Cc1c(S(=O)(=O)NC2CCCC(N(C)C)C2)ccc(N2CC(Cc3ccc(F)cc3F)C2)c1[N+](=O)[O-]. The molecule has 1 heterocycles. The lowest BCUT2D eigenvalue weighted by atomic mass is 9.91. The van der Waals surface area contributed by atoms with Gasteiger partial charge >= 0.3 is 0 Å². The van der Waals surface area contributed by atoms with Crippen LogP contribution in [0.5, 0.6) is 0 Å². The Morgan fingerprint density at radius 2 is 1.89 bits per heavy atom. The number of nitro groups is 1. The Balaban J connectivity index is 1.50. The highest BCUT2D eigenvalue weighted by atomic mass is 32.2. The van der Waals surface area contributed by atoms with Gasteiger partial charge in [0.1, 0.15) is 17.3 Å². The quantitative estimate of drug-likeness (QED) is 0.416. The number of rotatable bonds is 8. The summed E-state index contributed by atoms with van der Waals surface area (Å²) in [6.45, 7) is 2.37. The number of benzene rings is 2. The molecule has 2 aromatic carbocycles. The van der Waals surface area contributed by atoms with Crippen LogP contribution in [0.4, 0.5) is 20.2 Å². The van der Waals surface area contributed by atoms with Crippen LogP contribution in [0, 0.1) is 34.6 Å². The number of nitrogens with one attached hydrogen (secondary N) is 1. The molecule has 196 valence electrons. The van der Waals surface area contributed by atoms with Gasteiger partial charge in [0, 0.05) is 36.8 Å². The molecule has 2 atom stereocenters. The summed E-state index contributed by atoms with van der Waals surface area (Å²) in [7, 11) is 0.00250. The van der Waals surface area contributed by atoms with Gasteiger partial charge in [-0.3, -0.25) is 10.1 Å². The average molecular weight is 523 g/mol. The predicted molar refractivity (Wildman–Crippen MR) is 134 cm³/mol. The van der Waals surface area contributed by atoms with Crippen molar-refractivity contribution in [1.29, 1.82) is 0 Å². The standard InChI is InChI=1S/C25H32F2N4O4S/c1-16-24(36(34,35)28-20-5-4-6-21(13-20)29(2)3)10-9-23(25(16)31(32)33)30-14-17(15-30)11-18-7-8-19(26)12-22(18)27/h7-10,12,17,20-21,28H,4-6,11,13-15H2,1-3H3. The topological polar surface area (TPSA) is 95.8 Å². The first-order valence-electron chi connectivity index (χ1n) is 12.1. The second-order valence-corrected chi connectivity index (χ2v) is 11.8. The van der Waals surface area contributed by atoms with Crippen LogP contribution in [0.3, 0.4) is 0 Å². The zero-order valence-electron chi connectivity index (χ0n) is 20.7. The molecule has 4 rings (SSSR count). The third-order valence-corrected chi connectivity index (χ3v) is 9.02. The molecule has 0 aromatic heterocycles. The van der Waals surface area contributed by atoms with E-state index in [1.54, 1.807) is 4.90 Å². The smallest absolute Gasteiger partial charge is 0.296 e. The number of hydrogen-bond acceptors (Lipinski definition) is 6. The van der Waals surface area contributed by atoms with Gasteiger partial charge in [0.05, 0.1) is 9.82 Å². The minimum atomic E-state index is -3.95. The third kappa shape index (κ3) is 5.52. The number of hydrogen-bond donors (Lipinski definition) is 1. The summed E-state index contributed by atoms with van der Waals surface area (Å²) in [5.74, 6) is -1.19. The number of anilines is 1. The Bertz CT molecular complexity index is 1250. The van der Waals surface area contributed by atoms with E-state index in [1.807, 2.05) is 14.1 Å². The first-order valence-corrected chi connectivity index (χ1v) is 13.6. The van der Waals surface area contributed by atoms with Crippen molar-refractivity contribution in [2.24, 2.45) is 5.92 Å². The molecular formula is C25H32F2N4O4S. The van der Waals surface area contributed by atoms with Crippen molar-refractivity contribution in [2.75, 3.05) is 32.1 Å². The van der Waals surface area contributed by atoms with Crippen LogP contribution in [-0.4, -0.2) is 57.5 Å². The largest absolute Gasteiger partial charge is 0.365 e. The van der Waals surface area contributed by atoms with Crippen LogP contribution < -0.4 is 9.62 Å². The minimum absolute atomic E-state index is 0.0471. The monoisotopic (exact) mass is 522 g/mol.